The summed E-state index contributed by atoms with van der Waals surface area (Å²) in [6.45, 7) is 7.71. The molecule has 0 aliphatic rings. The number of hydrogen-bond acceptors (Lipinski definition) is 4. The lowest BCUT2D eigenvalue weighted by Gasteiger charge is -2.23. The molecule has 0 aliphatic carbocycles. The van der Waals surface area contributed by atoms with Crippen molar-refractivity contribution in [2.45, 2.75) is 44.2 Å². The Morgan fingerprint density at radius 3 is 2.78 bits per heavy atom. The van der Waals surface area contributed by atoms with Crippen molar-refractivity contribution in [1.29, 1.82) is 0 Å². The van der Waals surface area contributed by atoms with Crippen molar-refractivity contribution in [2.24, 2.45) is 0 Å². The normalized spacial score (nSPS) is 13.1. The van der Waals surface area contributed by atoms with Gasteiger partial charge in [-0.2, -0.15) is 0 Å². The lowest BCUT2D eigenvalue weighted by molar-refractivity contribution is -0.121. The van der Waals surface area contributed by atoms with Gasteiger partial charge in [0.15, 0.2) is 0 Å². The highest BCUT2D eigenvalue weighted by Crippen LogP contribution is 2.18. The molecule has 2 heterocycles. The Bertz CT molecular complexity index is 783. The summed E-state index contributed by atoms with van der Waals surface area (Å²) in [6.07, 6.45) is 1.70. The Kier molecular flexibility index (Phi) is 5.52. The third-order valence-electron chi connectivity index (χ3n) is 3.03. The Balaban J connectivity index is 2.09. The van der Waals surface area contributed by atoms with E-state index in [1.165, 1.54) is 22.2 Å². The van der Waals surface area contributed by atoms with E-state index in [1.54, 1.807) is 12.3 Å². The second-order valence-corrected chi connectivity index (χ2v) is 8.60. The number of amides is 1. The molecule has 7 heteroatoms. The number of halogens is 1. The Morgan fingerprint density at radius 2 is 2.13 bits per heavy atom. The number of fused-ring (bicyclic) bond motifs is 1. The molecular formula is C16H20BrN3O2S. The monoisotopic (exact) mass is 397 g/mol. The van der Waals surface area contributed by atoms with Crippen molar-refractivity contribution < 1.29 is 4.79 Å². The molecule has 2 aromatic rings. The fourth-order valence-electron chi connectivity index (χ4n) is 1.96. The fraction of sp³-hybridized carbons (Fsp3) is 0.438. The molecule has 124 valence electrons. The van der Waals surface area contributed by atoms with Crippen molar-refractivity contribution in [3.8, 4) is 0 Å². The number of rotatable bonds is 4. The standard InChI is InChI=1S/C16H20BrN3O2S/c1-10(15(22)19-16(2,3)4)23-9-12-7-14(21)20-8-11(17)5-6-13(20)18-12/h5-8,10H,9H2,1-4H3,(H,19,22). The molecule has 1 N–H and O–H groups in total. The molecule has 0 saturated heterocycles. The summed E-state index contributed by atoms with van der Waals surface area (Å²) < 4.78 is 2.32. The van der Waals surface area contributed by atoms with Crippen LogP contribution in [0.1, 0.15) is 33.4 Å². The Hall–Kier alpha value is -1.34. The van der Waals surface area contributed by atoms with Crippen LogP contribution in [0.3, 0.4) is 0 Å². The zero-order chi connectivity index (χ0) is 17.2. The number of carbonyl (C=O) groups is 1. The second kappa shape index (κ2) is 7.05. The van der Waals surface area contributed by atoms with Gasteiger partial charge in [-0.1, -0.05) is 0 Å². The van der Waals surface area contributed by atoms with E-state index in [-0.39, 0.29) is 22.3 Å². The molecule has 0 aliphatic heterocycles. The summed E-state index contributed by atoms with van der Waals surface area (Å²) in [5.74, 6) is 0.504. The molecule has 1 atom stereocenters. The summed E-state index contributed by atoms with van der Waals surface area (Å²) >= 11 is 4.81. The summed E-state index contributed by atoms with van der Waals surface area (Å²) in [5, 5.41) is 2.74. The van der Waals surface area contributed by atoms with Gasteiger partial charge in [-0.05, 0) is 55.8 Å². The van der Waals surface area contributed by atoms with Crippen molar-refractivity contribution in [2.75, 3.05) is 0 Å². The van der Waals surface area contributed by atoms with Crippen molar-refractivity contribution in [3.63, 3.8) is 0 Å². The molecule has 0 bridgehead atoms. The van der Waals surface area contributed by atoms with Crippen LogP contribution in [0, 0.1) is 0 Å². The average molecular weight is 398 g/mol. The van der Waals surface area contributed by atoms with Crippen LogP contribution in [-0.2, 0) is 10.5 Å². The summed E-state index contributed by atoms with van der Waals surface area (Å²) in [7, 11) is 0. The molecule has 0 radical (unpaired) electrons. The highest BCUT2D eigenvalue weighted by Gasteiger charge is 2.19. The molecule has 0 spiro atoms. The SMILES string of the molecule is CC(SCc1cc(=O)n2cc(Br)ccc2n1)C(=O)NC(C)(C)C. The first-order chi connectivity index (χ1) is 10.7. The Morgan fingerprint density at radius 1 is 1.43 bits per heavy atom. The zero-order valence-corrected chi connectivity index (χ0v) is 16.0. The summed E-state index contributed by atoms with van der Waals surface area (Å²) in [5.41, 5.74) is 0.902. The van der Waals surface area contributed by atoms with E-state index in [9.17, 15) is 9.59 Å². The van der Waals surface area contributed by atoms with Gasteiger partial charge in [-0.3, -0.25) is 14.0 Å². The van der Waals surface area contributed by atoms with E-state index >= 15 is 0 Å². The number of nitrogens with one attached hydrogen (secondary N) is 1. The van der Waals surface area contributed by atoms with E-state index in [0.717, 1.165) is 4.47 Å². The highest BCUT2D eigenvalue weighted by atomic mass is 79.9. The van der Waals surface area contributed by atoms with E-state index in [2.05, 4.69) is 26.2 Å². The van der Waals surface area contributed by atoms with Crippen LogP contribution in [0.4, 0.5) is 0 Å². The molecule has 2 rings (SSSR count). The van der Waals surface area contributed by atoms with Gasteiger partial charge in [-0.25, -0.2) is 4.98 Å². The predicted octanol–water partition coefficient (Wildman–Crippen LogP) is 2.99. The van der Waals surface area contributed by atoms with Crippen molar-refractivity contribution in [1.82, 2.24) is 14.7 Å². The molecule has 2 aromatic heterocycles. The van der Waals surface area contributed by atoms with Gasteiger partial charge in [0.05, 0.1) is 10.9 Å². The number of pyridine rings is 1. The maximum absolute atomic E-state index is 12.1. The van der Waals surface area contributed by atoms with Crippen LogP contribution in [0.2, 0.25) is 0 Å². The highest BCUT2D eigenvalue weighted by molar-refractivity contribution is 9.10. The van der Waals surface area contributed by atoms with Crippen molar-refractivity contribution in [3.05, 3.63) is 44.9 Å². The number of carbonyl (C=O) groups excluding carboxylic acids is 1. The van der Waals surface area contributed by atoms with Crippen LogP contribution in [0.5, 0.6) is 0 Å². The number of aromatic nitrogens is 2. The summed E-state index contributed by atoms with van der Waals surface area (Å²) in [6, 6.07) is 5.15. The van der Waals surface area contributed by atoms with E-state index in [4.69, 9.17) is 0 Å². The minimum atomic E-state index is -0.251. The van der Waals surface area contributed by atoms with Gasteiger partial charge >= 0.3 is 0 Å². The Labute approximate surface area is 148 Å². The maximum Gasteiger partial charge on any atom is 0.258 e. The van der Waals surface area contributed by atoms with Gasteiger partial charge in [0.2, 0.25) is 5.91 Å². The molecule has 23 heavy (non-hydrogen) atoms. The minimum absolute atomic E-state index is 0.0102. The lowest BCUT2D eigenvalue weighted by Crippen LogP contribution is -2.44. The van der Waals surface area contributed by atoms with Gasteiger partial charge in [0, 0.05) is 28.0 Å². The van der Waals surface area contributed by atoms with Crippen LogP contribution < -0.4 is 10.9 Å². The number of thioether (sulfide) groups is 1. The van der Waals surface area contributed by atoms with Crippen LogP contribution in [0.25, 0.3) is 5.65 Å². The molecule has 1 unspecified atom stereocenters. The minimum Gasteiger partial charge on any atom is -0.351 e. The molecule has 0 saturated carbocycles. The molecule has 0 aromatic carbocycles. The average Bonchev–Trinajstić information content (AvgIpc) is 2.43. The van der Waals surface area contributed by atoms with Gasteiger partial charge < -0.3 is 5.32 Å². The van der Waals surface area contributed by atoms with E-state index < -0.39 is 0 Å². The van der Waals surface area contributed by atoms with Gasteiger partial charge in [0.25, 0.3) is 5.56 Å². The first-order valence-corrected chi connectivity index (χ1v) is 9.11. The van der Waals surface area contributed by atoms with Gasteiger partial charge in [0.1, 0.15) is 5.65 Å². The summed E-state index contributed by atoms with van der Waals surface area (Å²) in [4.78, 5) is 28.7. The lowest BCUT2D eigenvalue weighted by atomic mass is 10.1. The first kappa shape index (κ1) is 18.0. The number of hydrogen-bond donors (Lipinski definition) is 1. The fourth-order valence-corrected chi connectivity index (χ4v) is 3.07. The first-order valence-electron chi connectivity index (χ1n) is 7.27. The molecular weight excluding hydrogens is 378 g/mol. The second-order valence-electron chi connectivity index (χ2n) is 6.35. The number of nitrogens with zero attached hydrogens (tertiary/aromatic N) is 2. The molecule has 5 nitrogen and oxygen atoms in total. The van der Waals surface area contributed by atoms with E-state index in [0.29, 0.717) is 17.1 Å². The van der Waals surface area contributed by atoms with E-state index in [1.807, 2.05) is 33.8 Å². The quantitative estimate of drug-likeness (QED) is 0.860. The van der Waals surface area contributed by atoms with Crippen molar-refractivity contribution >= 4 is 39.2 Å². The van der Waals surface area contributed by atoms with Crippen LogP contribution in [0.15, 0.2) is 33.7 Å². The smallest absolute Gasteiger partial charge is 0.258 e. The molecule has 1 amide bonds. The maximum atomic E-state index is 12.1. The molecule has 0 fully saturated rings. The zero-order valence-electron chi connectivity index (χ0n) is 13.6. The third kappa shape index (κ3) is 5.07. The topological polar surface area (TPSA) is 63.5 Å². The van der Waals surface area contributed by atoms with Crippen LogP contribution in [-0.4, -0.2) is 26.1 Å². The third-order valence-corrected chi connectivity index (χ3v) is 4.67. The van der Waals surface area contributed by atoms with Gasteiger partial charge in [-0.15, -0.1) is 11.8 Å². The predicted molar refractivity (Wildman–Crippen MR) is 97.8 cm³/mol. The van der Waals surface area contributed by atoms with Crippen LogP contribution >= 0.6 is 27.7 Å². The largest absolute Gasteiger partial charge is 0.351 e.